The molecule has 0 atom stereocenters. The Kier molecular flexibility index (Phi) is 2.34. The van der Waals surface area contributed by atoms with Crippen molar-refractivity contribution in [3.05, 3.63) is 23.8 Å². The van der Waals surface area contributed by atoms with Gasteiger partial charge in [0.2, 0.25) is 5.91 Å². The van der Waals surface area contributed by atoms with Crippen LogP contribution in [0, 0.1) is 0 Å². The molecule has 0 unspecified atom stereocenters. The van der Waals surface area contributed by atoms with Crippen molar-refractivity contribution in [2.45, 2.75) is 12.6 Å². The van der Waals surface area contributed by atoms with Crippen LogP contribution in [0.15, 0.2) is 18.2 Å². The molecule has 2 N–H and O–H groups in total. The first kappa shape index (κ1) is 11.4. The van der Waals surface area contributed by atoms with Crippen molar-refractivity contribution in [3.8, 4) is 0 Å². The highest BCUT2D eigenvalue weighted by atomic mass is 19.4. The average molecular weight is 244 g/mol. The SMILES string of the molecule is Nc1ccc2c(c1)CC(=O)N2C(=O)C(F)(F)F. The smallest absolute Gasteiger partial charge is 0.399 e. The van der Waals surface area contributed by atoms with Crippen LogP contribution in [0.25, 0.3) is 0 Å². The van der Waals surface area contributed by atoms with Crippen LogP contribution in [-0.4, -0.2) is 18.0 Å². The molecule has 0 bridgehead atoms. The molecule has 90 valence electrons. The third kappa shape index (κ3) is 1.83. The van der Waals surface area contributed by atoms with Crippen molar-refractivity contribution in [3.63, 3.8) is 0 Å². The molecular weight excluding hydrogens is 237 g/mol. The molecule has 0 saturated heterocycles. The summed E-state index contributed by atoms with van der Waals surface area (Å²) in [5.74, 6) is -3.07. The molecular formula is C10H7F3N2O2. The van der Waals surface area contributed by atoms with Crippen molar-refractivity contribution >= 4 is 23.2 Å². The van der Waals surface area contributed by atoms with E-state index in [0.29, 0.717) is 11.3 Å². The lowest BCUT2D eigenvalue weighted by molar-refractivity contribution is -0.171. The highest BCUT2D eigenvalue weighted by molar-refractivity contribution is 6.20. The summed E-state index contributed by atoms with van der Waals surface area (Å²) in [4.78, 5) is 22.6. The summed E-state index contributed by atoms with van der Waals surface area (Å²) in [5.41, 5.74) is 6.05. The molecule has 17 heavy (non-hydrogen) atoms. The van der Waals surface area contributed by atoms with Crippen molar-refractivity contribution in [1.82, 2.24) is 0 Å². The zero-order chi connectivity index (χ0) is 12.8. The van der Waals surface area contributed by atoms with Crippen LogP contribution in [0.5, 0.6) is 0 Å². The number of nitrogen functional groups attached to an aromatic ring is 1. The van der Waals surface area contributed by atoms with Crippen molar-refractivity contribution in [2.75, 3.05) is 10.6 Å². The molecule has 0 fully saturated rings. The Labute approximate surface area is 93.8 Å². The number of carbonyl (C=O) groups excluding carboxylic acids is 2. The molecule has 0 spiro atoms. The fraction of sp³-hybridized carbons (Fsp3) is 0.200. The van der Waals surface area contributed by atoms with Crippen LogP contribution in [0.3, 0.4) is 0 Å². The molecule has 0 saturated carbocycles. The van der Waals surface area contributed by atoms with Crippen molar-refractivity contribution < 1.29 is 22.8 Å². The first-order valence-corrected chi connectivity index (χ1v) is 4.63. The number of hydrogen-bond donors (Lipinski definition) is 1. The second kappa shape index (κ2) is 3.47. The fourth-order valence-electron chi connectivity index (χ4n) is 1.69. The summed E-state index contributed by atoms with van der Waals surface area (Å²) >= 11 is 0. The number of carbonyl (C=O) groups is 2. The molecule has 1 heterocycles. The second-order valence-electron chi connectivity index (χ2n) is 3.60. The van der Waals surface area contributed by atoms with Crippen molar-refractivity contribution in [2.24, 2.45) is 0 Å². The van der Waals surface area contributed by atoms with Gasteiger partial charge in [-0.25, -0.2) is 4.90 Å². The maximum atomic E-state index is 12.3. The minimum absolute atomic E-state index is 0.0495. The Morgan fingerprint density at radius 2 is 2.00 bits per heavy atom. The summed E-state index contributed by atoms with van der Waals surface area (Å²) in [6.07, 6.45) is -5.32. The van der Waals surface area contributed by atoms with Crippen LogP contribution in [0.4, 0.5) is 24.5 Å². The lowest BCUT2D eigenvalue weighted by Crippen LogP contribution is -2.43. The predicted molar refractivity (Wildman–Crippen MR) is 53.1 cm³/mol. The predicted octanol–water partition coefficient (Wildman–Crippen LogP) is 1.25. The molecule has 2 amide bonds. The number of alkyl halides is 3. The maximum Gasteiger partial charge on any atom is 0.472 e. The number of imide groups is 1. The number of fused-ring (bicyclic) bond motifs is 1. The topological polar surface area (TPSA) is 63.4 Å². The van der Waals surface area contributed by atoms with Gasteiger partial charge in [-0.05, 0) is 23.8 Å². The van der Waals surface area contributed by atoms with E-state index in [1.807, 2.05) is 0 Å². The maximum absolute atomic E-state index is 12.3. The number of amides is 2. The molecule has 0 radical (unpaired) electrons. The lowest BCUT2D eigenvalue weighted by atomic mass is 10.1. The van der Waals surface area contributed by atoms with E-state index in [0.717, 1.165) is 0 Å². The summed E-state index contributed by atoms with van der Waals surface area (Å²) < 4.78 is 36.8. The third-order valence-electron chi connectivity index (χ3n) is 2.38. The van der Waals surface area contributed by atoms with Crippen molar-refractivity contribution in [1.29, 1.82) is 0 Å². The van der Waals surface area contributed by atoms with Gasteiger partial charge in [0.05, 0.1) is 12.1 Å². The zero-order valence-corrected chi connectivity index (χ0v) is 8.41. The zero-order valence-electron chi connectivity index (χ0n) is 8.41. The van der Waals surface area contributed by atoms with E-state index in [-0.39, 0.29) is 17.0 Å². The largest absolute Gasteiger partial charge is 0.472 e. The average Bonchev–Trinajstić information content (AvgIpc) is 2.50. The molecule has 0 aromatic heterocycles. The number of nitrogens with two attached hydrogens (primary N) is 1. The monoisotopic (exact) mass is 244 g/mol. The first-order chi connectivity index (χ1) is 7.80. The van der Waals surface area contributed by atoms with Crippen LogP contribution < -0.4 is 10.6 Å². The molecule has 1 aromatic carbocycles. The summed E-state index contributed by atoms with van der Waals surface area (Å²) in [5, 5.41) is 0. The van der Waals surface area contributed by atoms with Crippen LogP contribution in [0.2, 0.25) is 0 Å². The van der Waals surface area contributed by atoms with E-state index in [4.69, 9.17) is 5.73 Å². The molecule has 1 aromatic rings. The standard InChI is InChI=1S/C10H7F3N2O2/c11-10(12,13)9(17)15-7-2-1-6(14)3-5(7)4-8(15)16/h1-3H,4,14H2. The number of halogens is 3. The third-order valence-corrected chi connectivity index (χ3v) is 2.38. The Morgan fingerprint density at radius 3 is 2.59 bits per heavy atom. The van der Waals surface area contributed by atoms with Gasteiger partial charge in [-0.3, -0.25) is 9.59 Å². The second-order valence-corrected chi connectivity index (χ2v) is 3.60. The van der Waals surface area contributed by atoms with E-state index in [9.17, 15) is 22.8 Å². The van der Waals surface area contributed by atoms with Crippen LogP contribution in [-0.2, 0) is 16.0 Å². The quantitative estimate of drug-likeness (QED) is 0.698. The molecule has 4 nitrogen and oxygen atoms in total. The Hall–Kier alpha value is -2.05. The molecule has 0 aliphatic carbocycles. The fourth-order valence-corrected chi connectivity index (χ4v) is 1.69. The minimum Gasteiger partial charge on any atom is -0.399 e. The van der Waals surface area contributed by atoms with E-state index < -0.39 is 18.0 Å². The number of anilines is 2. The molecule has 2 rings (SSSR count). The summed E-state index contributed by atoms with van der Waals surface area (Å²) in [6, 6.07) is 3.96. The van der Waals surface area contributed by atoms with Gasteiger partial charge in [0, 0.05) is 5.69 Å². The van der Waals surface area contributed by atoms with E-state index in [2.05, 4.69) is 0 Å². The van der Waals surface area contributed by atoms with Gasteiger partial charge in [-0.1, -0.05) is 0 Å². The van der Waals surface area contributed by atoms with Gasteiger partial charge < -0.3 is 5.73 Å². The summed E-state index contributed by atoms with van der Waals surface area (Å²) in [7, 11) is 0. The van der Waals surface area contributed by atoms with E-state index in [1.165, 1.54) is 18.2 Å². The molecule has 1 aliphatic rings. The number of hydrogen-bond acceptors (Lipinski definition) is 3. The number of benzene rings is 1. The Balaban J connectivity index is 2.46. The van der Waals surface area contributed by atoms with Crippen LogP contribution in [0.1, 0.15) is 5.56 Å². The highest BCUT2D eigenvalue weighted by Gasteiger charge is 2.47. The normalized spacial score (nSPS) is 15.0. The van der Waals surface area contributed by atoms with Gasteiger partial charge in [0.15, 0.2) is 0 Å². The Bertz CT molecular complexity index is 511. The van der Waals surface area contributed by atoms with Gasteiger partial charge in [-0.15, -0.1) is 0 Å². The lowest BCUT2D eigenvalue weighted by Gasteiger charge is -2.16. The van der Waals surface area contributed by atoms with E-state index in [1.54, 1.807) is 0 Å². The summed E-state index contributed by atoms with van der Waals surface area (Å²) in [6.45, 7) is 0. The highest BCUT2D eigenvalue weighted by Crippen LogP contribution is 2.33. The van der Waals surface area contributed by atoms with Crippen LogP contribution >= 0.6 is 0 Å². The Morgan fingerprint density at radius 1 is 1.35 bits per heavy atom. The molecule has 1 aliphatic heterocycles. The first-order valence-electron chi connectivity index (χ1n) is 4.63. The van der Waals surface area contributed by atoms with Gasteiger partial charge >= 0.3 is 12.1 Å². The minimum atomic E-state index is -5.07. The van der Waals surface area contributed by atoms with Gasteiger partial charge in [0.1, 0.15) is 0 Å². The van der Waals surface area contributed by atoms with E-state index >= 15 is 0 Å². The number of nitrogens with zero attached hydrogens (tertiary/aromatic N) is 1. The van der Waals surface area contributed by atoms with Gasteiger partial charge in [0.25, 0.3) is 0 Å². The van der Waals surface area contributed by atoms with Gasteiger partial charge in [-0.2, -0.15) is 13.2 Å². The number of rotatable bonds is 0. The molecule has 7 heteroatoms.